The highest BCUT2D eigenvalue weighted by molar-refractivity contribution is 5.90. The molecule has 3 aromatic rings. The van der Waals surface area contributed by atoms with Gasteiger partial charge in [0.2, 0.25) is 0 Å². The molecule has 28 heavy (non-hydrogen) atoms. The first kappa shape index (κ1) is 19.9. The fourth-order valence-corrected chi connectivity index (χ4v) is 2.47. The van der Waals surface area contributed by atoms with E-state index in [9.17, 15) is 22.7 Å². The van der Waals surface area contributed by atoms with E-state index in [1.807, 2.05) is 5.32 Å². The summed E-state index contributed by atoms with van der Waals surface area (Å²) in [7, 11) is 0. The molecule has 150 valence electrons. The minimum Gasteiger partial charge on any atom is -0.376 e. The molecule has 0 radical (unpaired) electrons. The van der Waals surface area contributed by atoms with Crippen LogP contribution in [0.2, 0.25) is 0 Å². The number of anilines is 1. The largest absolute Gasteiger partial charge is 0.401 e. The van der Waals surface area contributed by atoms with Crippen LogP contribution in [0.4, 0.5) is 23.4 Å². The maximum absolute atomic E-state index is 14.2. The molecule has 0 amide bonds. The minimum atomic E-state index is -4.50. The molecule has 3 rings (SSSR count). The predicted molar refractivity (Wildman–Crippen MR) is 92.6 cm³/mol. The molecule has 0 aliphatic heterocycles. The Balaban J connectivity index is 1.85. The van der Waals surface area contributed by atoms with Crippen LogP contribution in [-0.4, -0.2) is 54.5 Å². The summed E-state index contributed by atoms with van der Waals surface area (Å²) in [6.07, 6.45) is -0.711. The van der Waals surface area contributed by atoms with E-state index in [1.165, 1.54) is 20.2 Å². The van der Waals surface area contributed by atoms with Crippen molar-refractivity contribution in [2.75, 3.05) is 11.9 Å². The van der Waals surface area contributed by atoms with Gasteiger partial charge in [-0.2, -0.15) is 13.2 Å². The normalized spacial score (nSPS) is 13.7. The highest BCUT2D eigenvalue weighted by Gasteiger charge is 2.34. The predicted octanol–water partition coefficient (Wildman–Crippen LogP) is 2.21. The molecule has 4 N–H and O–H groups in total. The van der Waals surface area contributed by atoms with E-state index in [4.69, 9.17) is 0 Å². The molecule has 0 bridgehead atoms. The first-order valence-electron chi connectivity index (χ1n) is 8.13. The van der Waals surface area contributed by atoms with E-state index in [0.29, 0.717) is 16.6 Å². The van der Waals surface area contributed by atoms with Gasteiger partial charge in [-0.25, -0.2) is 24.3 Å². The maximum atomic E-state index is 14.2. The first-order chi connectivity index (χ1) is 13.1. The average Bonchev–Trinajstić information content (AvgIpc) is 3.05. The van der Waals surface area contributed by atoms with Crippen molar-refractivity contribution in [1.29, 1.82) is 0 Å². The molecule has 0 spiro atoms. The second-order valence-corrected chi connectivity index (χ2v) is 6.62. The van der Waals surface area contributed by atoms with E-state index in [0.717, 1.165) is 6.20 Å². The number of nitrogens with zero attached hydrogens (tertiary/aromatic N) is 4. The lowest BCUT2D eigenvalue weighted by Gasteiger charge is -2.33. The third-order valence-corrected chi connectivity index (χ3v) is 3.96. The topological polar surface area (TPSA) is 112 Å². The number of rotatable bonds is 6. The Morgan fingerprint density at radius 3 is 2.68 bits per heavy atom. The molecule has 12 heteroatoms. The highest BCUT2D eigenvalue weighted by atomic mass is 19.4. The molecule has 0 saturated carbocycles. The molecule has 3 aromatic heterocycles. The summed E-state index contributed by atoms with van der Waals surface area (Å²) in [4.78, 5) is 18.9. The van der Waals surface area contributed by atoms with Crippen LogP contribution in [0.1, 0.15) is 13.8 Å². The van der Waals surface area contributed by atoms with Crippen LogP contribution in [0.25, 0.3) is 22.4 Å². The number of aromatic amines is 1. The van der Waals surface area contributed by atoms with Crippen LogP contribution in [0.15, 0.2) is 24.9 Å². The molecule has 0 saturated heterocycles. The second kappa shape index (κ2) is 7.28. The van der Waals surface area contributed by atoms with Gasteiger partial charge in [-0.3, -0.25) is 5.32 Å². The standard InChI is InChI=1S/C16H17F4N7O/c1-15(2,14(28)24-6-16(18,19)20)27-13-10(17)5-23-12(26-13)9-4-22-11-8(9)3-21-7-25-11/h3-5,7,14,24,28H,6H2,1-2H3,(H,21,22,25)(H,23,26,27). The SMILES string of the molecule is CC(C)(Nc1nc(-c2c[nH]c3ncncc23)ncc1F)C(O)NCC(F)(F)F. The van der Waals surface area contributed by atoms with E-state index in [1.54, 1.807) is 12.4 Å². The molecule has 1 atom stereocenters. The highest BCUT2D eigenvalue weighted by Crippen LogP contribution is 2.27. The summed E-state index contributed by atoms with van der Waals surface area (Å²) >= 11 is 0. The quantitative estimate of drug-likeness (QED) is 0.371. The van der Waals surface area contributed by atoms with Gasteiger partial charge in [0.1, 0.15) is 18.2 Å². The van der Waals surface area contributed by atoms with Crippen LogP contribution in [-0.2, 0) is 0 Å². The van der Waals surface area contributed by atoms with Crippen LogP contribution in [0.3, 0.4) is 0 Å². The van der Waals surface area contributed by atoms with Gasteiger partial charge in [0.05, 0.1) is 18.3 Å². The number of aliphatic hydroxyl groups is 1. The minimum absolute atomic E-state index is 0.151. The van der Waals surface area contributed by atoms with Gasteiger partial charge in [-0.15, -0.1) is 0 Å². The number of aliphatic hydroxyl groups excluding tert-OH is 1. The number of hydrogen-bond donors (Lipinski definition) is 4. The Kier molecular flexibility index (Phi) is 5.17. The molecule has 0 aliphatic carbocycles. The molecule has 1 unspecified atom stereocenters. The third kappa shape index (κ3) is 4.34. The number of alkyl halides is 3. The van der Waals surface area contributed by atoms with E-state index >= 15 is 0 Å². The summed E-state index contributed by atoms with van der Waals surface area (Å²) in [5.41, 5.74) is -0.312. The van der Waals surface area contributed by atoms with Crippen LogP contribution < -0.4 is 10.6 Å². The van der Waals surface area contributed by atoms with Gasteiger partial charge in [0.25, 0.3) is 0 Å². The maximum Gasteiger partial charge on any atom is 0.401 e. The monoisotopic (exact) mass is 399 g/mol. The van der Waals surface area contributed by atoms with Crippen molar-refractivity contribution in [2.45, 2.75) is 31.8 Å². The Morgan fingerprint density at radius 1 is 1.21 bits per heavy atom. The van der Waals surface area contributed by atoms with Gasteiger partial charge in [-0.1, -0.05) is 0 Å². The van der Waals surface area contributed by atoms with Crippen molar-refractivity contribution < 1.29 is 22.7 Å². The summed E-state index contributed by atoms with van der Waals surface area (Å²) in [5.74, 6) is -0.941. The molecular formula is C16H17F4N7O. The Labute approximate surface area is 156 Å². The van der Waals surface area contributed by atoms with Crippen molar-refractivity contribution in [3.05, 3.63) is 30.7 Å². The van der Waals surface area contributed by atoms with Gasteiger partial charge < -0.3 is 15.4 Å². The lowest BCUT2D eigenvalue weighted by Crippen LogP contribution is -2.54. The summed E-state index contributed by atoms with van der Waals surface area (Å²) in [5, 5.41) is 15.2. The average molecular weight is 399 g/mol. The molecular weight excluding hydrogens is 382 g/mol. The zero-order valence-electron chi connectivity index (χ0n) is 14.8. The van der Waals surface area contributed by atoms with Crippen molar-refractivity contribution in [3.63, 3.8) is 0 Å². The molecule has 0 aromatic carbocycles. The number of hydrogen-bond acceptors (Lipinski definition) is 7. The van der Waals surface area contributed by atoms with Crippen LogP contribution in [0.5, 0.6) is 0 Å². The molecule has 3 heterocycles. The Hall–Kier alpha value is -2.86. The first-order valence-corrected chi connectivity index (χ1v) is 8.13. The smallest absolute Gasteiger partial charge is 0.376 e. The number of nitrogens with one attached hydrogen (secondary N) is 3. The lowest BCUT2D eigenvalue weighted by atomic mass is 10.0. The molecule has 0 aliphatic rings. The number of H-pyrrole nitrogens is 1. The van der Waals surface area contributed by atoms with Crippen molar-refractivity contribution in [3.8, 4) is 11.4 Å². The zero-order valence-corrected chi connectivity index (χ0v) is 14.8. The van der Waals surface area contributed by atoms with Gasteiger partial charge in [-0.05, 0) is 13.8 Å². The van der Waals surface area contributed by atoms with E-state index < -0.39 is 30.3 Å². The van der Waals surface area contributed by atoms with Crippen molar-refractivity contribution >= 4 is 16.9 Å². The van der Waals surface area contributed by atoms with E-state index in [2.05, 4.69) is 30.2 Å². The van der Waals surface area contributed by atoms with Crippen LogP contribution >= 0.6 is 0 Å². The number of halogens is 4. The molecule has 0 fully saturated rings. The Morgan fingerprint density at radius 2 is 1.96 bits per heavy atom. The zero-order chi connectivity index (χ0) is 20.5. The summed E-state index contributed by atoms with van der Waals surface area (Å²) in [6, 6.07) is 0. The fourth-order valence-electron chi connectivity index (χ4n) is 2.47. The summed E-state index contributed by atoms with van der Waals surface area (Å²) in [6.45, 7) is 1.41. The van der Waals surface area contributed by atoms with E-state index in [-0.39, 0.29) is 11.6 Å². The number of fused-ring (bicyclic) bond motifs is 1. The van der Waals surface area contributed by atoms with Gasteiger partial charge in [0.15, 0.2) is 17.5 Å². The second-order valence-electron chi connectivity index (χ2n) is 6.62. The molecule has 8 nitrogen and oxygen atoms in total. The summed E-state index contributed by atoms with van der Waals surface area (Å²) < 4.78 is 51.2. The van der Waals surface area contributed by atoms with Crippen molar-refractivity contribution in [1.82, 2.24) is 30.2 Å². The third-order valence-electron chi connectivity index (χ3n) is 3.96. The van der Waals surface area contributed by atoms with Crippen LogP contribution in [0, 0.1) is 5.82 Å². The van der Waals surface area contributed by atoms with Crippen molar-refractivity contribution in [2.24, 2.45) is 0 Å². The fraction of sp³-hybridized carbons (Fsp3) is 0.375. The Bertz CT molecular complexity index is 973. The lowest BCUT2D eigenvalue weighted by molar-refractivity contribution is -0.132. The number of aromatic nitrogens is 5. The van der Waals surface area contributed by atoms with Gasteiger partial charge >= 0.3 is 6.18 Å². The van der Waals surface area contributed by atoms with Gasteiger partial charge in [0, 0.05) is 23.3 Å².